The molecule has 132 valence electrons. The summed E-state index contributed by atoms with van der Waals surface area (Å²) in [7, 11) is 0. The highest BCUT2D eigenvalue weighted by molar-refractivity contribution is 5.55. The van der Waals surface area contributed by atoms with Crippen LogP contribution in [-0.2, 0) is 9.47 Å². The van der Waals surface area contributed by atoms with E-state index >= 15 is 0 Å². The minimum Gasteiger partial charge on any atom is -0.356 e. The molecule has 25 heavy (non-hydrogen) atoms. The molecule has 1 aromatic carbocycles. The van der Waals surface area contributed by atoms with Crippen LogP contribution in [0, 0.1) is 11.6 Å². The Morgan fingerprint density at radius 3 is 2.52 bits per heavy atom. The largest absolute Gasteiger partial charge is 0.356 e. The van der Waals surface area contributed by atoms with Gasteiger partial charge in [-0.05, 0) is 18.2 Å². The van der Waals surface area contributed by atoms with Gasteiger partial charge in [0.1, 0.15) is 5.82 Å². The number of rotatable bonds is 3. The molecule has 6 nitrogen and oxygen atoms in total. The van der Waals surface area contributed by atoms with E-state index < -0.39 is 17.4 Å². The Hall–Kier alpha value is -2.32. The number of nitrogens with one attached hydrogen (secondary N) is 1. The molecule has 1 N–H and O–H groups in total. The Bertz CT molecular complexity index is 758. The number of aromatic nitrogens is 2. The molecule has 1 spiro atoms. The van der Waals surface area contributed by atoms with Gasteiger partial charge in [-0.3, -0.25) is 0 Å². The summed E-state index contributed by atoms with van der Waals surface area (Å²) >= 11 is 0. The van der Waals surface area contributed by atoms with E-state index in [1.54, 1.807) is 6.20 Å². The summed E-state index contributed by atoms with van der Waals surface area (Å²) < 4.78 is 37.8. The maximum absolute atomic E-state index is 13.3. The molecule has 1 aromatic heterocycles. The van der Waals surface area contributed by atoms with Crippen LogP contribution in [-0.4, -0.2) is 42.1 Å². The lowest BCUT2D eigenvalue weighted by Crippen LogP contribution is -2.45. The van der Waals surface area contributed by atoms with E-state index in [0.717, 1.165) is 43.9 Å². The van der Waals surface area contributed by atoms with Gasteiger partial charge in [0.25, 0.3) is 0 Å². The Morgan fingerprint density at radius 1 is 1.04 bits per heavy atom. The number of benzene rings is 1. The van der Waals surface area contributed by atoms with Crippen molar-refractivity contribution in [3.63, 3.8) is 0 Å². The summed E-state index contributed by atoms with van der Waals surface area (Å²) in [6.07, 6.45) is 3.20. The van der Waals surface area contributed by atoms with Crippen LogP contribution >= 0.6 is 0 Å². The molecular weight excluding hydrogens is 330 g/mol. The fraction of sp³-hybridized carbons (Fsp3) is 0.412. The number of halogens is 2. The van der Waals surface area contributed by atoms with Crippen molar-refractivity contribution in [1.82, 2.24) is 9.97 Å². The average Bonchev–Trinajstić information content (AvgIpc) is 3.07. The van der Waals surface area contributed by atoms with Gasteiger partial charge in [0.2, 0.25) is 5.95 Å². The third kappa shape index (κ3) is 3.40. The first-order chi connectivity index (χ1) is 12.1. The van der Waals surface area contributed by atoms with Crippen LogP contribution in [0.1, 0.15) is 12.8 Å². The van der Waals surface area contributed by atoms with E-state index in [1.807, 2.05) is 6.07 Å². The second-order valence-corrected chi connectivity index (χ2v) is 6.09. The Kier molecular flexibility index (Phi) is 4.22. The molecule has 0 radical (unpaired) electrons. The lowest BCUT2D eigenvalue weighted by atomic mass is 10.0. The van der Waals surface area contributed by atoms with Gasteiger partial charge in [-0.25, -0.2) is 13.8 Å². The first-order valence-electron chi connectivity index (χ1n) is 8.22. The lowest BCUT2D eigenvalue weighted by molar-refractivity contribution is -0.169. The minimum atomic E-state index is -0.918. The standard InChI is InChI=1S/C17H18F2N4O2/c18-13-2-1-12(11-14(13)19)21-16-20-6-3-15(22-16)23-7-4-17(5-8-23)24-9-10-25-17/h1-3,6,11H,4-5,7-10H2,(H,20,21,22). The first kappa shape index (κ1) is 16.2. The fourth-order valence-electron chi connectivity index (χ4n) is 3.15. The van der Waals surface area contributed by atoms with Crippen molar-refractivity contribution in [3.8, 4) is 0 Å². The quantitative estimate of drug-likeness (QED) is 0.920. The van der Waals surface area contributed by atoms with E-state index in [-0.39, 0.29) is 0 Å². The molecule has 0 amide bonds. The van der Waals surface area contributed by atoms with Crippen molar-refractivity contribution >= 4 is 17.5 Å². The Labute approximate surface area is 143 Å². The number of anilines is 3. The molecule has 2 saturated heterocycles. The van der Waals surface area contributed by atoms with Gasteiger partial charge >= 0.3 is 0 Å². The van der Waals surface area contributed by atoms with Crippen LogP contribution in [0.3, 0.4) is 0 Å². The molecule has 4 rings (SSSR count). The van der Waals surface area contributed by atoms with Gasteiger partial charge in [-0.1, -0.05) is 0 Å². The van der Waals surface area contributed by atoms with Crippen LogP contribution in [0.25, 0.3) is 0 Å². The predicted octanol–water partition coefficient (Wildman–Crippen LogP) is 2.84. The van der Waals surface area contributed by atoms with E-state index in [2.05, 4.69) is 20.2 Å². The zero-order valence-electron chi connectivity index (χ0n) is 13.5. The van der Waals surface area contributed by atoms with E-state index in [1.165, 1.54) is 6.07 Å². The normalized spacial score (nSPS) is 19.4. The molecular formula is C17H18F2N4O2. The Morgan fingerprint density at radius 2 is 1.80 bits per heavy atom. The fourth-order valence-corrected chi connectivity index (χ4v) is 3.15. The number of ether oxygens (including phenoxy) is 2. The molecule has 2 aliphatic rings. The van der Waals surface area contributed by atoms with Crippen LogP contribution in [0.5, 0.6) is 0 Å². The molecule has 0 unspecified atom stereocenters. The highest BCUT2D eigenvalue weighted by atomic mass is 19.2. The summed E-state index contributed by atoms with van der Waals surface area (Å²) in [6.45, 7) is 2.83. The van der Waals surface area contributed by atoms with Crippen molar-refractivity contribution in [2.24, 2.45) is 0 Å². The molecule has 2 aromatic rings. The smallest absolute Gasteiger partial charge is 0.229 e. The van der Waals surface area contributed by atoms with Crippen molar-refractivity contribution < 1.29 is 18.3 Å². The van der Waals surface area contributed by atoms with Gasteiger partial charge < -0.3 is 19.7 Å². The minimum absolute atomic E-state index is 0.331. The number of hydrogen-bond acceptors (Lipinski definition) is 6. The summed E-state index contributed by atoms with van der Waals surface area (Å²) in [5.74, 6) is -1.14. The molecule has 0 atom stereocenters. The molecule has 3 heterocycles. The molecule has 0 saturated carbocycles. The highest BCUT2D eigenvalue weighted by Crippen LogP contribution is 2.32. The summed E-state index contributed by atoms with van der Waals surface area (Å²) in [6, 6.07) is 5.40. The van der Waals surface area contributed by atoms with Gasteiger partial charge in [0.15, 0.2) is 17.4 Å². The van der Waals surface area contributed by atoms with E-state index in [0.29, 0.717) is 24.8 Å². The van der Waals surface area contributed by atoms with Crippen molar-refractivity contribution in [1.29, 1.82) is 0 Å². The van der Waals surface area contributed by atoms with Gasteiger partial charge in [0.05, 0.1) is 13.2 Å². The molecule has 8 heteroatoms. The predicted molar refractivity (Wildman–Crippen MR) is 87.8 cm³/mol. The maximum atomic E-state index is 13.3. The number of piperidine rings is 1. The highest BCUT2D eigenvalue weighted by Gasteiger charge is 2.40. The Balaban J connectivity index is 1.45. The average molecular weight is 348 g/mol. The summed E-state index contributed by atoms with van der Waals surface area (Å²) in [5.41, 5.74) is 0.390. The third-order valence-corrected chi connectivity index (χ3v) is 4.48. The molecule has 2 fully saturated rings. The second kappa shape index (κ2) is 6.53. The third-order valence-electron chi connectivity index (χ3n) is 4.48. The van der Waals surface area contributed by atoms with Crippen LogP contribution < -0.4 is 10.2 Å². The lowest BCUT2D eigenvalue weighted by Gasteiger charge is -2.38. The first-order valence-corrected chi connectivity index (χ1v) is 8.22. The molecule has 0 bridgehead atoms. The van der Waals surface area contributed by atoms with Crippen LogP contribution in [0.15, 0.2) is 30.5 Å². The molecule has 0 aliphatic carbocycles. The van der Waals surface area contributed by atoms with Crippen LogP contribution in [0.2, 0.25) is 0 Å². The number of hydrogen-bond donors (Lipinski definition) is 1. The molecule has 2 aliphatic heterocycles. The van der Waals surface area contributed by atoms with E-state index in [4.69, 9.17) is 9.47 Å². The van der Waals surface area contributed by atoms with Crippen molar-refractivity contribution in [2.45, 2.75) is 18.6 Å². The zero-order chi connectivity index (χ0) is 17.3. The number of nitrogens with zero attached hydrogens (tertiary/aromatic N) is 3. The second-order valence-electron chi connectivity index (χ2n) is 6.09. The monoisotopic (exact) mass is 348 g/mol. The maximum Gasteiger partial charge on any atom is 0.229 e. The van der Waals surface area contributed by atoms with E-state index in [9.17, 15) is 8.78 Å². The van der Waals surface area contributed by atoms with Crippen molar-refractivity contribution in [3.05, 3.63) is 42.1 Å². The SMILES string of the molecule is Fc1ccc(Nc2nccc(N3CCC4(CC3)OCCO4)n2)cc1F. The van der Waals surface area contributed by atoms with Gasteiger partial charge in [-0.15, -0.1) is 0 Å². The summed E-state index contributed by atoms with van der Waals surface area (Å²) in [4.78, 5) is 10.7. The zero-order valence-corrected chi connectivity index (χ0v) is 13.5. The van der Waals surface area contributed by atoms with Gasteiger partial charge in [-0.2, -0.15) is 4.98 Å². The topological polar surface area (TPSA) is 59.5 Å². The van der Waals surface area contributed by atoms with Crippen LogP contribution in [0.4, 0.5) is 26.2 Å². The van der Waals surface area contributed by atoms with Crippen molar-refractivity contribution in [2.75, 3.05) is 36.5 Å². The van der Waals surface area contributed by atoms with Gasteiger partial charge in [0, 0.05) is 43.9 Å². The summed E-state index contributed by atoms with van der Waals surface area (Å²) in [5, 5.41) is 2.90.